The number of hydrogen-bond donors (Lipinski definition) is 3. The molecule has 0 heterocycles. The summed E-state index contributed by atoms with van der Waals surface area (Å²) >= 11 is 0. The van der Waals surface area contributed by atoms with Gasteiger partial charge >= 0.3 is 0 Å². The molecule has 0 radical (unpaired) electrons. The van der Waals surface area contributed by atoms with E-state index in [-0.39, 0.29) is 29.7 Å². The summed E-state index contributed by atoms with van der Waals surface area (Å²) in [7, 11) is 3.40. The van der Waals surface area contributed by atoms with Gasteiger partial charge in [0.15, 0.2) is 5.96 Å². The Morgan fingerprint density at radius 1 is 1.36 bits per heavy atom. The van der Waals surface area contributed by atoms with Crippen LogP contribution in [0.3, 0.4) is 0 Å². The Morgan fingerprint density at radius 3 is 2.80 bits per heavy atom. The van der Waals surface area contributed by atoms with Crippen molar-refractivity contribution in [2.45, 2.75) is 51.5 Å². The molecular formula is C19H32IN3O2. The number of phenolic OH excluding ortho intramolecular Hbond substituents is 1. The Kier molecular flexibility index (Phi) is 10.0. The summed E-state index contributed by atoms with van der Waals surface area (Å²) in [5.41, 5.74) is 0.905. The quantitative estimate of drug-likeness (QED) is 0.344. The average Bonchev–Trinajstić information content (AvgIpc) is 2.62. The van der Waals surface area contributed by atoms with Gasteiger partial charge in [-0.3, -0.25) is 4.99 Å². The van der Waals surface area contributed by atoms with Crippen molar-refractivity contribution in [3.8, 4) is 11.5 Å². The van der Waals surface area contributed by atoms with Crippen LogP contribution in [-0.4, -0.2) is 37.8 Å². The molecule has 2 atom stereocenters. The highest BCUT2D eigenvalue weighted by Gasteiger charge is 2.21. The third kappa shape index (κ3) is 6.92. The monoisotopic (exact) mass is 461 g/mol. The molecule has 1 aliphatic rings. The van der Waals surface area contributed by atoms with Crippen LogP contribution in [-0.2, 0) is 6.42 Å². The standard InChI is InChI=1S/C19H31N3O2.HI/c1-4-14-6-5-7-16(12-14)22-19(20-2)21-11-10-15-8-9-17(24-3)13-18(15)23;/h8-9,13-14,16,23H,4-7,10-12H2,1-3H3,(H2,20,21,22);1H. The normalized spacial score (nSPS) is 20.5. The molecule has 6 heteroatoms. The largest absolute Gasteiger partial charge is 0.508 e. The molecule has 1 saturated carbocycles. The summed E-state index contributed by atoms with van der Waals surface area (Å²) in [4.78, 5) is 4.33. The first-order valence-electron chi connectivity index (χ1n) is 8.99. The minimum atomic E-state index is 0. The van der Waals surface area contributed by atoms with Crippen molar-refractivity contribution in [1.29, 1.82) is 0 Å². The van der Waals surface area contributed by atoms with Crippen LogP contribution in [0.4, 0.5) is 0 Å². The number of aromatic hydroxyl groups is 1. The molecule has 0 aliphatic heterocycles. The van der Waals surface area contributed by atoms with Crippen molar-refractivity contribution in [2.24, 2.45) is 10.9 Å². The van der Waals surface area contributed by atoms with E-state index in [1.807, 2.05) is 12.1 Å². The Hall–Kier alpha value is -1.18. The van der Waals surface area contributed by atoms with Gasteiger partial charge < -0.3 is 20.5 Å². The van der Waals surface area contributed by atoms with Crippen LogP contribution in [0, 0.1) is 5.92 Å². The molecule has 142 valence electrons. The zero-order chi connectivity index (χ0) is 17.4. The van der Waals surface area contributed by atoms with Crippen LogP contribution in [0.25, 0.3) is 0 Å². The molecule has 25 heavy (non-hydrogen) atoms. The minimum absolute atomic E-state index is 0. The molecule has 1 aromatic rings. The second-order valence-corrected chi connectivity index (χ2v) is 6.53. The lowest BCUT2D eigenvalue weighted by Crippen LogP contribution is -2.45. The van der Waals surface area contributed by atoms with Crippen molar-refractivity contribution < 1.29 is 9.84 Å². The summed E-state index contributed by atoms with van der Waals surface area (Å²) in [6, 6.07) is 5.94. The Balaban J connectivity index is 0.00000312. The number of guanidine groups is 1. The molecule has 5 nitrogen and oxygen atoms in total. The van der Waals surface area contributed by atoms with E-state index >= 15 is 0 Å². The molecule has 0 saturated heterocycles. The van der Waals surface area contributed by atoms with Gasteiger partial charge in [0.1, 0.15) is 11.5 Å². The number of nitrogens with zero attached hydrogens (tertiary/aromatic N) is 1. The summed E-state index contributed by atoms with van der Waals surface area (Å²) in [5, 5.41) is 16.9. The van der Waals surface area contributed by atoms with Crippen molar-refractivity contribution in [1.82, 2.24) is 10.6 Å². The molecule has 0 spiro atoms. The molecule has 3 N–H and O–H groups in total. The maximum absolute atomic E-state index is 10.0. The third-order valence-electron chi connectivity index (χ3n) is 4.90. The molecule has 1 aliphatic carbocycles. The van der Waals surface area contributed by atoms with Crippen molar-refractivity contribution in [2.75, 3.05) is 20.7 Å². The zero-order valence-corrected chi connectivity index (χ0v) is 17.9. The Bertz CT molecular complexity index is 551. The second kappa shape index (κ2) is 11.4. The molecule has 2 rings (SSSR count). The van der Waals surface area contributed by atoms with Gasteiger partial charge in [0.25, 0.3) is 0 Å². The smallest absolute Gasteiger partial charge is 0.191 e. The first kappa shape index (κ1) is 21.9. The van der Waals surface area contributed by atoms with Crippen LogP contribution < -0.4 is 15.4 Å². The summed E-state index contributed by atoms with van der Waals surface area (Å²) < 4.78 is 5.11. The number of benzene rings is 1. The van der Waals surface area contributed by atoms with Crippen LogP contribution in [0.1, 0.15) is 44.6 Å². The average molecular weight is 461 g/mol. The van der Waals surface area contributed by atoms with Crippen LogP contribution in [0.5, 0.6) is 11.5 Å². The summed E-state index contributed by atoms with van der Waals surface area (Å²) in [5.74, 6) is 2.64. The molecule has 0 bridgehead atoms. The lowest BCUT2D eigenvalue weighted by Gasteiger charge is -2.30. The summed E-state index contributed by atoms with van der Waals surface area (Å²) in [6.45, 7) is 3.00. The first-order chi connectivity index (χ1) is 11.7. The fourth-order valence-corrected chi connectivity index (χ4v) is 3.38. The van der Waals surface area contributed by atoms with Gasteiger partial charge in [-0.05, 0) is 36.8 Å². The molecule has 1 fully saturated rings. The molecule has 0 amide bonds. The number of phenols is 1. The number of rotatable bonds is 6. The number of hydrogen-bond acceptors (Lipinski definition) is 3. The van der Waals surface area contributed by atoms with Crippen molar-refractivity contribution >= 4 is 29.9 Å². The highest BCUT2D eigenvalue weighted by molar-refractivity contribution is 14.0. The lowest BCUT2D eigenvalue weighted by atomic mass is 9.84. The predicted octanol–water partition coefficient (Wildman–Crippen LogP) is 3.70. The number of methoxy groups -OCH3 is 1. The number of nitrogens with one attached hydrogen (secondary N) is 2. The maximum atomic E-state index is 10.0. The zero-order valence-electron chi connectivity index (χ0n) is 15.5. The van der Waals surface area contributed by atoms with Gasteiger partial charge in [-0.2, -0.15) is 0 Å². The van der Waals surface area contributed by atoms with Gasteiger partial charge in [-0.1, -0.05) is 32.3 Å². The molecular weight excluding hydrogens is 429 g/mol. The van der Waals surface area contributed by atoms with Gasteiger partial charge in [0.05, 0.1) is 7.11 Å². The van der Waals surface area contributed by atoms with E-state index in [9.17, 15) is 5.11 Å². The van der Waals surface area contributed by atoms with E-state index in [1.54, 1.807) is 20.2 Å². The molecule has 1 aromatic carbocycles. The SMILES string of the molecule is CCC1CCCC(NC(=NC)NCCc2ccc(OC)cc2O)C1.I. The molecule has 0 aromatic heterocycles. The summed E-state index contributed by atoms with van der Waals surface area (Å²) in [6.07, 6.45) is 7.11. The highest BCUT2D eigenvalue weighted by Crippen LogP contribution is 2.26. The van der Waals surface area contributed by atoms with Gasteiger partial charge in [-0.25, -0.2) is 0 Å². The van der Waals surface area contributed by atoms with Crippen molar-refractivity contribution in [3.05, 3.63) is 23.8 Å². The van der Waals surface area contributed by atoms with E-state index in [1.165, 1.54) is 32.1 Å². The third-order valence-corrected chi connectivity index (χ3v) is 4.90. The van der Waals surface area contributed by atoms with E-state index in [0.717, 1.165) is 30.4 Å². The number of ether oxygens (including phenoxy) is 1. The van der Waals surface area contributed by atoms with E-state index < -0.39 is 0 Å². The number of halogens is 1. The van der Waals surface area contributed by atoms with Crippen LogP contribution >= 0.6 is 24.0 Å². The fraction of sp³-hybridized carbons (Fsp3) is 0.632. The van der Waals surface area contributed by atoms with E-state index in [0.29, 0.717) is 11.8 Å². The number of aliphatic imine (C=N–C) groups is 1. The highest BCUT2D eigenvalue weighted by atomic mass is 127. The maximum Gasteiger partial charge on any atom is 0.191 e. The Labute approximate surface area is 168 Å². The topological polar surface area (TPSA) is 65.9 Å². The van der Waals surface area contributed by atoms with Crippen LogP contribution in [0.15, 0.2) is 23.2 Å². The van der Waals surface area contributed by atoms with Gasteiger partial charge in [-0.15, -0.1) is 24.0 Å². The van der Waals surface area contributed by atoms with Gasteiger partial charge in [0, 0.05) is 25.7 Å². The van der Waals surface area contributed by atoms with E-state index in [2.05, 4.69) is 22.5 Å². The fourth-order valence-electron chi connectivity index (χ4n) is 3.38. The lowest BCUT2D eigenvalue weighted by molar-refractivity contribution is 0.298. The first-order valence-corrected chi connectivity index (χ1v) is 8.99. The predicted molar refractivity (Wildman–Crippen MR) is 114 cm³/mol. The van der Waals surface area contributed by atoms with E-state index in [4.69, 9.17) is 4.74 Å². The van der Waals surface area contributed by atoms with Crippen LogP contribution in [0.2, 0.25) is 0 Å². The Morgan fingerprint density at radius 2 is 2.16 bits per heavy atom. The van der Waals surface area contributed by atoms with Gasteiger partial charge in [0.2, 0.25) is 0 Å². The minimum Gasteiger partial charge on any atom is -0.508 e. The van der Waals surface area contributed by atoms with Crippen molar-refractivity contribution in [3.63, 3.8) is 0 Å². The second-order valence-electron chi connectivity index (χ2n) is 6.53. The molecule has 2 unspecified atom stereocenters.